The fourth-order valence-electron chi connectivity index (χ4n) is 2.61. The Labute approximate surface area is 121 Å². The molecule has 0 heterocycles. The molecule has 0 aliphatic rings. The van der Waals surface area contributed by atoms with E-state index in [1.807, 2.05) is 12.1 Å². The Morgan fingerprint density at radius 2 is 1.35 bits per heavy atom. The van der Waals surface area contributed by atoms with Crippen LogP contribution in [0.2, 0.25) is 0 Å². The van der Waals surface area contributed by atoms with Gasteiger partial charge in [-0.15, -0.1) is 0 Å². The molecule has 2 atom stereocenters. The molecular weight excluding hydrogens is 242 g/mol. The maximum absolute atomic E-state index is 8.93. The van der Waals surface area contributed by atoms with Crippen LogP contribution in [0.15, 0.2) is 54.6 Å². The molecule has 2 aromatic rings. The lowest BCUT2D eigenvalue weighted by Gasteiger charge is -2.28. The number of benzene rings is 2. The monoisotopic (exact) mass is 263 g/mol. The van der Waals surface area contributed by atoms with Gasteiger partial charge < -0.3 is 0 Å². The van der Waals surface area contributed by atoms with Crippen molar-refractivity contribution in [1.82, 2.24) is 0 Å². The zero-order chi connectivity index (χ0) is 14.5. The maximum atomic E-state index is 8.93. The van der Waals surface area contributed by atoms with Crippen LogP contribution in [-0.4, -0.2) is 0 Å². The molecule has 0 aromatic heterocycles. The van der Waals surface area contributed by atoms with Crippen molar-refractivity contribution in [2.75, 3.05) is 0 Å². The third kappa shape index (κ3) is 3.08. The van der Waals surface area contributed by atoms with Gasteiger partial charge in [-0.3, -0.25) is 0 Å². The Hall–Kier alpha value is -2.07. The summed E-state index contributed by atoms with van der Waals surface area (Å²) >= 11 is 0. The number of nitriles is 1. The highest BCUT2D eigenvalue weighted by Gasteiger charge is 2.23. The van der Waals surface area contributed by atoms with Crippen LogP contribution in [0, 0.1) is 23.2 Å². The van der Waals surface area contributed by atoms with E-state index < -0.39 is 0 Å². The summed E-state index contributed by atoms with van der Waals surface area (Å²) in [4.78, 5) is 0. The lowest BCUT2D eigenvalue weighted by atomic mass is 9.76. The normalized spacial score (nSPS) is 13.8. The van der Waals surface area contributed by atoms with Crippen molar-refractivity contribution in [1.29, 1.82) is 5.26 Å². The van der Waals surface area contributed by atoms with Crippen LogP contribution in [0.25, 0.3) is 0 Å². The summed E-state index contributed by atoms with van der Waals surface area (Å²) < 4.78 is 0. The topological polar surface area (TPSA) is 23.8 Å². The minimum Gasteiger partial charge on any atom is -0.192 e. The fourth-order valence-corrected chi connectivity index (χ4v) is 2.61. The second-order valence-corrected chi connectivity index (χ2v) is 5.73. The van der Waals surface area contributed by atoms with E-state index in [0.29, 0.717) is 17.8 Å². The first-order valence-corrected chi connectivity index (χ1v) is 7.18. The predicted molar refractivity (Wildman–Crippen MR) is 83.4 cm³/mol. The summed E-state index contributed by atoms with van der Waals surface area (Å²) in [7, 11) is 0. The smallest absolute Gasteiger partial charge is 0.0991 e. The van der Waals surface area contributed by atoms with Crippen molar-refractivity contribution in [2.45, 2.75) is 26.7 Å². The van der Waals surface area contributed by atoms with Crippen LogP contribution < -0.4 is 0 Å². The molecular formula is C19H21N. The van der Waals surface area contributed by atoms with Gasteiger partial charge in [-0.05, 0) is 35.1 Å². The average molecular weight is 263 g/mol. The quantitative estimate of drug-likeness (QED) is 0.763. The molecule has 1 heteroatoms. The minimum atomic E-state index is 0.379. The molecule has 0 spiro atoms. The first kappa shape index (κ1) is 14.3. The van der Waals surface area contributed by atoms with Gasteiger partial charge in [0.05, 0.1) is 11.6 Å². The Kier molecular flexibility index (Phi) is 4.58. The van der Waals surface area contributed by atoms with Crippen LogP contribution in [0.5, 0.6) is 0 Å². The summed E-state index contributed by atoms with van der Waals surface area (Å²) in [6.45, 7) is 6.84. The van der Waals surface area contributed by atoms with E-state index in [9.17, 15) is 0 Å². The molecule has 20 heavy (non-hydrogen) atoms. The van der Waals surface area contributed by atoms with E-state index in [1.54, 1.807) is 0 Å². The number of hydrogen-bond acceptors (Lipinski definition) is 1. The Balaban J connectivity index is 2.43. The second kappa shape index (κ2) is 6.39. The van der Waals surface area contributed by atoms with Gasteiger partial charge in [0.2, 0.25) is 0 Å². The predicted octanol–water partition coefficient (Wildman–Crippen LogP) is 4.98. The van der Waals surface area contributed by atoms with Crippen LogP contribution in [-0.2, 0) is 0 Å². The molecule has 0 amide bonds. The molecule has 2 rings (SSSR count). The molecule has 2 aromatic carbocycles. The van der Waals surface area contributed by atoms with E-state index in [0.717, 1.165) is 5.56 Å². The van der Waals surface area contributed by atoms with Gasteiger partial charge in [0.15, 0.2) is 0 Å². The van der Waals surface area contributed by atoms with E-state index >= 15 is 0 Å². The molecule has 102 valence electrons. The molecule has 1 unspecified atom stereocenters. The largest absolute Gasteiger partial charge is 0.192 e. The summed E-state index contributed by atoms with van der Waals surface area (Å²) in [6.07, 6.45) is 0. The van der Waals surface area contributed by atoms with Gasteiger partial charge in [-0.2, -0.15) is 5.26 Å². The van der Waals surface area contributed by atoms with Crippen molar-refractivity contribution in [3.8, 4) is 6.07 Å². The van der Waals surface area contributed by atoms with Crippen LogP contribution in [0.3, 0.4) is 0 Å². The van der Waals surface area contributed by atoms with Gasteiger partial charge in [0.25, 0.3) is 0 Å². The van der Waals surface area contributed by atoms with Crippen LogP contribution >= 0.6 is 0 Å². The van der Waals surface area contributed by atoms with E-state index in [4.69, 9.17) is 5.26 Å². The van der Waals surface area contributed by atoms with E-state index in [2.05, 4.69) is 69.3 Å². The van der Waals surface area contributed by atoms with E-state index in [1.165, 1.54) is 11.1 Å². The van der Waals surface area contributed by atoms with Crippen molar-refractivity contribution in [2.24, 2.45) is 11.8 Å². The highest BCUT2D eigenvalue weighted by molar-refractivity contribution is 5.38. The number of rotatable bonds is 4. The van der Waals surface area contributed by atoms with Gasteiger partial charge in [0.1, 0.15) is 0 Å². The van der Waals surface area contributed by atoms with Crippen LogP contribution in [0.1, 0.15) is 43.4 Å². The van der Waals surface area contributed by atoms with Crippen LogP contribution in [0.4, 0.5) is 0 Å². The molecule has 0 radical (unpaired) electrons. The standard InChI is InChI=1S/C19H21N/c1-14(2)15(3)19(17-7-5-4-6-8-17)18-11-9-16(13-20)10-12-18/h4-12,14-15,19H,1-3H3/t15?,19-/m0/s1. The molecule has 0 aliphatic carbocycles. The summed E-state index contributed by atoms with van der Waals surface area (Å²) in [5.41, 5.74) is 3.35. The maximum Gasteiger partial charge on any atom is 0.0991 e. The third-order valence-electron chi connectivity index (χ3n) is 4.13. The average Bonchev–Trinajstić information content (AvgIpc) is 2.49. The number of hydrogen-bond donors (Lipinski definition) is 0. The Morgan fingerprint density at radius 3 is 1.85 bits per heavy atom. The zero-order valence-corrected chi connectivity index (χ0v) is 12.4. The minimum absolute atomic E-state index is 0.379. The molecule has 0 saturated heterocycles. The van der Waals surface area contributed by atoms with Gasteiger partial charge in [0, 0.05) is 5.92 Å². The van der Waals surface area contributed by atoms with Crippen molar-refractivity contribution in [3.63, 3.8) is 0 Å². The highest BCUT2D eigenvalue weighted by Crippen LogP contribution is 2.35. The fraction of sp³-hybridized carbons (Fsp3) is 0.316. The Bertz CT molecular complexity index is 575. The SMILES string of the molecule is CC(C)C(C)[C@@H](c1ccccc1)c1ccc(C#N)cc1. The molecule has 0 bridgehead atoms. The lowest BCUT2D eigenvalue weighted by Crippen LogP contribution is -2.16. The van der Waals surface area contributed by atoms with Gasteiger partial charge >= 0.3 is 0 Å². The summed E-state index contributed by atoms with van der Waals surface area (Å²) in [5.74, 6) is 1.53. The van der Waals surface area contributed by atoms with Crippen molar-refractivity contribution in [3.05, 3.63) is 71.3 Å². The first-order chi connectivity index (χ1) is 9.63. The Morgan fingerprint density at radius 1 is 0.800 bits per heavy atom. The zero-order valence-electron chi connectivity index (χ0n) is 12.4. The second-order valence-electron chi connectivity index (χ2n) is 5.73. The summed E-state index contributed by atoms with van der Waals surface area (Å²) in [6, 6.07) is 20.8. The third-order valence-corrected chi connectivity index (χ3v) is 4.13. The van der Waals surface area contributed by atoms with Gasteiger partial charge in [-0.25, -0.2) is 0 Å². The highest BCUT2D eigenvalue weighted by atomic mass is 14.3. The molecule has 1 nitrogen and oxygen atoms in total. The number of nitrogens with zero attached hydrogens (tertiary/aromatic N) is 1. The molecule has 0 N–H and O–H groups in total. The van der Waals surface area contributed by atoms with Crippen molar-refractivity contribution < 1.29 is 0 Å². The van der Waals surface area contributed by atoms with Gasteiger partial charge in [-0.1, -0.05) is 63.2 Å². The molecule has 0 saturated carbocycles. The summed E-state index contributed by atoms with van der Waals surface area (Å²) in [5, 5.41) is 8.93. The molecule has 0 fully saturated rings. The van der Waals surface area contributed by atoms with Crippen molar-refractivity contribution >= 4 is 0 Å². The van der Waals surface area contributed by atoms with E-state index in [-0.39, 0.29) is 0 Å². The lowest BCUT2D eigenvalue weighted by molar-refractivity contribution is 0.378. The first-order valence-electron chi connectivity index (χ1n) is 7.18. The molecule has 0 aliphatic heterocycles.